The number of hydrogen-bond acceptors (Lipinski definition) is 3. The normalized spacial score (nSPS) is 32.3. The molecule has 4 saturated carbocycles. The quantitative estimate of drug-likeness (QED) is 0.686. The number of nitrogens with zero attached hydrogens (tertiary/aromatic N) is 2. The maximum atomic E-state index is 13.5. The molecule has 2 amide bonds. The van der Waals surface area contributed by atoms with Gasteiger partial charge in [-0.15, -0.1) is 0 Å². The third-order valence-electron chi connectivity index (χ3n) is 8.33. The fraction of sp³-hybridized carbons (Fsp3) is 0.692. The molecule has 0 radical (unpaired) electrons. The summed E-state index contributed by atoms with van der Waals surface area (Å²) in [5.74, 6) is 2.97. The highest BCUT2D eigenvalue weighted by Crippen LogP contribution is 2.60. The first-order valence-electron chi connectivity index (χ1n) is 12.4. The van der Waals surface area contributed by atoms with Crippen LogP contribution in [0, 0.1) is 23.2 Å². The van der Waals surface area contributed by atoms with Crippen molar-refractivity contribution in [1.82, 2.24) is 15.1 Å². The van der Waals surface area contributed by atoms with Gasteiger partial charge < -0.3 is 10.2 Å². The predicted octanol–water partition coefficient (Wildman–Crippen LogP) is 3.10. The summed E-state index contributed by atoms with van der Waals surface area (Å²) in [6.07, 6.45) is 9.51. The summed E-state index contributed by atoms with van der Waals surface area (Å²) >= 11 is 0. The minimum atomic E-state index is -0.0347. The second kappa shape index (κ2) is 8.93. The molecule has 4 aliphatic carbocycles. The molecule has 5 nitrogen and oxygen atoms in total. The lowest BCUT2D eigenvalue weighted by atomic mass is 9.49. The summed E-state index contributed by atoms with van der Waals surface area (Å²) in [6.45, 7) is 4.36. The molecule has 1 aliphatic heterocycles. The Labute approximate surface area is 186 Å². The van der Waals surface area contributed by atoms with Gasteiger partial charge in [0.1, 0.15) is 0 Å². The molecule has 1 aromatic carbocycles. The molecule has 0 atom stereocenters. The van der Waals surface area contributed by atoms with E-state index in [2.05, 4.69) is 39.4 Å². The Morgan fingerprint density at radius 3 is 2.13 bits per heavy atom. The molecule has 1 heterocycles. The van der Waals surface area contributed by atoms with Crippen molar-refractivity contribution in [3.8, 4) is 0 Å². The molecule has 4 bridgehead atoms. The van der Waals surface area contributed by atoms with Crippen molar-refractivity contribution >= 4 is 11.8 Å². The number of piperazine rings is 1. The Hall–Kier alpha value is -1.88. The molecule has 0 spiro atoms. The van der Waals surface area contributed by atoms with E-state index in [4.69, 9.17) is 0 Å². The average Bonchev–Trinajstić information content (AvgIpc) is 2.77. The molecular weight excluding hydrogens is 386 g/mol. The predicted molar refractivity (Wildman–Crippen MR) is 121 cm³/mol. The molecule has 0 unspecified atom stereocenters. The minimum Gasteiger partial charge on any atom is -0.355 e. The van der Waals surface area contributed by atoms with E-state index in [1.165, 1.54) is 24.8 Å². The summed E-state index contributed by atoms with van der Waals surface area (Å²) in [5.41, 5.74) is 1.28. The standard InChI is InChI=1S/C26H37N3O2/c30-24(27-8-4-7-20-5-2-1-3-6-20)19-28-9-11-29(12-10-28)25(31)26-16-21-13-22(17-26)15-23(14-21)18-26/h1-3,5-6,21-23H,4,7-19H2,(H,27,30). The van der Waals surface area contributed by atoms with E-state index in [9.17, 15) is 9.59 Å². The van der Waals surface area contributed by atoms with E-state index >= 15 is 0 Å². The third kappa shape index (κ3) is 4.67. The molecule has 0 aromatic heterocycles. The first-order valence-corrected chi connectivity index (χ1v) is 12.4. The van der Waals surface area contributed by atoms with Crippen LogP contribution in [-0.4, -0.2) is 60.9 Å². The fourth-order valence-electron chi connectivity index (χ4n) is 7.24. The zero-order valence-corrected chi connectivity index (χ0v) is 18.7. The second-order valence-corrected chi connectivity index (χ2v) is 10.7. The molecule has 31 heavy (non-hydrogen) atoms. The molecule has 1 aromatic rings. The van der Waals surface area contributed by atoms with Gasteiger partial charge in [-0.2, -0.15) is 0 Å². The van der Waals surface area contributed by atoms with E-state index in [0.717, 1.165) is 82.6 Å². The average molecular weight is 424 g/mol. The van der Waals surface area contributed by atoms with Crippen molar-refractivity contribution < 1.29 is 9.59 Å². The van der Waals surface area contributed by atoms with Crippen LogP contribution in [0.4, 0.5) is 0 Å². The summed E-state index contributed by atoms with van der Waals surface area (Å²) in [4.78, 5) is 30.2. The number of hydrogen-bond donors (Lipinski definition) is 1. The van der Waals surface area contributed by atoms with Crippen LogP contribution in [0.5, 0.6) is 0 Å². The number of amides is 2. The van der Waals surface area contributed by atoms with Gasteiger partial charge in [-0.3, -0.25) is 14.5 Å². The van der Waals surface area contributed by atoms with Crippen molar-refractivity contribution in [3.05, 3.63) is 35.9 Å². The van der Waals surface area contributed by atoms with Gasteiger partial charge in [0, 0.05) is 32.7 Å². The van der Waals surface area contributed by atoms with Gasteiger partial charge in [-0.1, -0.05) is 30.3 Å². The van der Waals surface area contributed by atoms with Gasteiger partial charge in [-0.05, 0) is 74.7 Å². The highest BCUT2D eigenvalue weighted by atomic mass is 16.2. The van der Waals surface area contributed by atoms with Crippen LogP contribution in [0.1, 0.15) is 50.5 Å². The third-order valence-corrected chi connectivity index (χ3v) is 8.33. The maximum Gasteiger partial charge on any atom is 0.234 e. The van der Waals surface area contributed by atoms with Crippen LogP contribution < -0.4 is 5.32 Å². The number of rotatable bonds is 7. The van der Waals surface area contributed by atoms with Crippen LogP contribution in [0.3, 0.4) is 0 Å². The monoisotopic (exact) mass is 423 g/mol. The van der Waals surface area contributed by atoms with Crippen LogP contribution in [-0.2, 0) is 16.0 Å². The molecule has 6 rings (SSSR count). The van der Waals surface area contributed by atoms with Crippen molar-refractivity contribution in [2.45, 2.75) is 51.4 Å². The summed E-state index contributed by atoms with van der Waals surface area (Å²) in [6, 6.07) is 10.4. The van der Waals surface area contributed by atoms with Gasteiger partial charge in [0.15, 0.2) is 0 Å². The molecule has 5 aliphatic rings. The van der Waals surface area contributed by atoms with Crippen LogP contribution in [0.15, 0.2) is 30.3 Å². The Bertz CT molecular complexity index is 750. The van der Waals surface area contributed by atoms with E-state index < -0.39 is 0 Å². The second-order valence-electron chi connectivity index (χ2n) is 10.7. The SMILES string of the molecule is O=C(CN1CCN(C(=O)C23CC4CC(CC(C4)C2)C3)CC1)NCCCc1ccccc1. The number of carbonyl (C=O) groups excluding carboxylic acids is 2. The van der Waals surface area contributed by atoms with E-state index in [-0.39, 0.29) is 11.3 Å². The molecule has 1 N–H and O–H groups in total. The Balaban J connectivity index is 1.03. The van der Waals surface area contributed by atoms with Crippen molar-refractivity contribution in [1.29, 1.82) is 0 Å². The summed E-state index contributed by atoms with van der Waals surface area (Å²) in [5, 5.41) is 3.06. The number of carbonyl (C=O) groups is 2. The molecule has 168 valence electrons. The van der Waals surface area contributed by atoms with Crippen molar-refractivity contribution in [3.63, 3.8) is 0 Å². The first kappa shape index (κ1) is 21.0. The van der Waals surface area contributed by atoms with Crippen LogP contribution in [0.25, 0.3) is 0 Å². The minimum absolute atomic E-state index is 0.0347. The number of nitrogens with one attached hydrogen (secondary N) is 1. The van der Waals surface area contributed by atoms with Gasteiger partial charge in [0.25, 0.3) is 0 Å². The molecule has 5 heteroatoms. The van der Waals surface area contributed by atoms with E-state index in [0.29, 0.717) is 12.5 Å². The van der Waals surface area contributed by atoms with Crippen molar-refractivity contribution in [2.75, 3.05) is 39.3 Å². The lowest BCUT2D eigenvalue weighted by molar-refractivity contribution is -0.159. The van der Waals surface area contributed by atoms with Crippen molar-refractivity contribution in [2.24, 2.45) is 23.2 Å². The summed E-state index contributed by atoms with van der Waals surface area (Å²) < 4.78 is 0. The Kier molecular flexibility index (Phi) is 6.05. The van der Waals surface area contributed by atoms with Gasteiger partial charge in [-0.25, -0.2) is 0 Å². The highest BCUT2D eigenvalue weighted by molar-refractivity contribution is 5.83. The smallest absolute Gasteiger partial charge is 0.234 e. The fourth-order valence-corrected chi connectivity index (χ4v) is 7.24. The zero-order chi connectivity index (χ0) is 21.3. The number of aryl methyl sites for hydroxylation is 1. The largest absolute Gasteiger partial charge is 0.355 e. The highest BCUT2D eigenvalue weighted by Gasteiger charge is 2.55. The van der Waals surface area contributed by atoms with Crippen LogP contribution >= 0.6 is 0 Å². The lowest BCUT2D eigenvalue weighted by Gasteiger charge is -2.57. The Morgan fingerprint density at radius 2 is 1.52 bits per heavy atom. The van der Waals surface area contributed by atoms with Gasteiger partial charge in [0.05, 0.1) is 12.0 Å². The topological polar surface area (TPSA) is 52.7 Å². The van der Waals surface area contributed by atoms with Gasteiger partial charge >= 0.3 is 0 Å². The lowest BCUT2D eigenvalue weighted by Crippen LogP contribution is -2.58. The van der Waals surface area contributed by atoms with E-state index in [1.54, 1.807) is 0 Å². The zero-order valence-electron chi connectivity index (χ0n) is 18.7. The number of benzene rings is 1. The first-order chi connectivity index (χ1) is 15.1. The van der Waals surface area contributed by atoms with E-state index in [1.807, 2.05) is 6.07 Å². The molecule has 1 saturated heterocycles. The maximum absolute atomic E-state index is 13.5. The van der Waals surface area contributed by atoms with Crippen LogP contribution in [0.2, 0.25) is 0 Å². The molecular formula is C26H37N3O2. The van der Waals surface area contributed by atoms with Gasteiger partial charge in [0.2, 0.25) is 11.8 Å². The molecule has 5 fully saturated rings. The Morgan fingerprint density at radius 1 is 0.903 bits per heavy atom. The summed E-state index contributed by atoms with van der Waals surface area (Å²) in [7, 11) is 0.